The fourth-order valence-electron chi connectivity index (χ4n) is 2.47. The second-order valence-corrected chi connectivity index (χ2v) is 5.86. The van der Waals surface area contributed by atoms with E-state index in [1.165, 1.54) is 25.7 Å². The van der Waals surface area contributed by atoms with Gasteiger partial charge in [0.1, 0.15) is 11.6 Å². The molecular weight excluding hydrogens is 254 g/mol. The SMILES string of the molecule is N#Cc1ccc(N(CC2CC2)CC2CC2)cc1[N+](=O)[O-]. The summed E-state index contributed by atoms with van der Waals surface area (Å²) >= 11 is 0. The smallest absolute Gasteiger partial charge is 0.289 e. The van der Waals surface area contributed by atoms with Gasteiger partial charge in [0.05, 0.1) is 4.92 Å². The zero-order valence-corrected chi connectivity index (χ0v) is 11.3. The Morgan fingerprint density at radius 3 is 2.30 bits per heavy atom. The molecule has 2 aliphatic rings. The van der Waals surface area contributed by atoms with Crippen LogP contribution in [0.1, 0.15) is 31.2 Å². The van der Waals surface area contributed by atoms with Crippen molar-refractivity contribution in [2.45, 2.75) is 25.7 Å². The second-order valence-electron chi connectivity index (χ2n) is 5.86. The van der Waals surface area contributed by atoms with Crippen LogP contribution in [0.25, 0.3) is 0 Å². The van der Waals surface area contributed by atoms with Crippen molar-refractivity contribution in [1.29, 1.82) is 5.26 Å². The van der Waals surface area contributed by atoms with E-state index in [1.807, 2.05) is 12.1 Å². The summed E-state index contributed by atoms with van der Waals surface area (Å²) in [6, 6.07) is 6.86. The first-order chi connectivity index (χ1) is 9.67. The minimum absolute atomic E-state index is 0.0819. The van der Waals surface area contributed by atoms with Crippen LogP contribution in [0, 0.1) is 33.3 Å². The zero-order valence-electron chi connectivity index (χ0n) is 11.3. The van der Waals surface area contributed by atoms with Gasteiger partial charge in [-0.2, -0.15) is 5.26 Å². The average molecular weight is 271 g/mol. The molecule has 0 saturated heterocycles. The van der Waals surface area contributed by atoms with Gasteiger partial charge in [-0.15, -0.1) is 0 Å². The van der Waals surface area contributed by atoms with Crippen LogP contribution in [0.4, 0.5) is 11.4 Å². The van der Waals surface area contributed by atoms with Crippen LogP contribution >= 0.6 is 0 Å². The molecule has 5 nitrogen and oxygen atoms in total. The van der Waals surface area contributed by atoms with Crippen molar-refractivity contribution in [3.63, 3.8) is 0 Å². The summed E-state index contributed by atoms with van der Waals surface area (Å²) in [5.41, 5.74) is 0.938. The Morgan fingerprint density at radius 1 is 1.25 bits per heavy atom. The molecule has 2 aliphatic carbocycles. The quantitative estimate of drug-likeness (QED) is 0.589. The summed E-state index contributed by atoms with van der Waals surface area (Å²) in [6.45, 7) is 1.97. The number of nitrogens with zero attached hydrogens (tertiary/aromatic N) is 3. The minimum atomic E-state index is -0.464. The molecule has 20 heavy (non-hydrogen) atoms. The predicted molar refractivity (Wildman–Crippen MR) is 75.5 cm³/mol. The molecule has 0 spiro atoms. The van der Waals surface area contributed by atoms with Gasteiger partial charge in [-0.3, -0.25) is 10.1 Å². The number of nitro benzene ring substituents is 1. The highest BCUT2D eigenvalue weighted by Crippen LogP contribution is 2.36. The fraction of sp³-hybridized carbons (Fsp3) is 0.533. The molecule has 0 bridgehead atoms. The highest BCUT2D eigenvalue weighted by atomic mass is 16.6. The summed E-state index contributed by atoms with van der Waals surface area (Å²) < 4.78 is 0. The van der Waals surface area contributed by atoms with Crippen LogP contribution in [0.2, 0.25) is 0 Å². The summed E-state index contributed by atoms with van der Waals surface area (Å²) in [4.78, 5) is 12.9. The van der Waals surface area contributed by atoms with E-state index in [0.29, 0.717) is 0 Å². The first kappa shape index (κ1) is 12.9. The van der Waals surface area contributed by atoms with Gasteiger partial charge in [0.15, 0.2) is 0 Å². The molecule has 0 amide bonds. The van der Waals surface area contributed by atoms with Gasteiger partial charge in [-0.05, 0) is 49.7 Å². The van der Waals surface area contributed by atoms with Crippen molar-refractivity contribution in [3.05, 3.63) is 33.9 Å². The van der Waals surface area contributed by atoms with E-state index < -0.39 is 4.92 Å². The van der Waals surface area contributed by atoms with E-state index in [-0.39, 0.29) is 11.3 Å². The molecule has 1 aromatic rings. The van der Waals surface area contributed by atoms with Gasteiger partial charge >= 0.3 is 0 Å². The molecule has 0 radical (unpaired) electrons. The maximum atomic E-state index is 11.1. The molecule has 0 heterocycles. The summed E-state index contributed by atoms with van der Waals surface area (Å²) in [6.07, 6.45) is 5.05. The van der Waals surface area contributed by atoms with Gasteiger partial charge < -0.3 is 4.90 Å². The van der Waals surface area contributed by atoms with Gasteiger partial charge in [-0.1, -0.05) is 0 Å². The highest BCUT2D eigenvalue weighted by Gasteiger charge is 2.30. The second kappa shape index (κ2) is 5.12. The number of nitriles is 1. The first-order valence-electron chi connectivity index (χ1n) is 7.11. The molecule has 2 saturated carbocycles. The Bertz CT molecular complexity index is 557. The molecule has 0 aliphatic heterocycles. The Hall–Kier alpha value is -2.09. The third-order valence-corrected chi connectivity index (χ3v) is 4.01. The lowest BCUT2D eigenvalue weighted by Gasteiger charge is -2.24. The maximum Gasteiger partial charge on any atom is 0.289 e. The zero-order chi connectivity index (χ0) is 14.1. The number of rotatable bonds is 6. The van der Waals surface area contributed by atoms with Crippen molar-refractivity contribution in [2.75, 3.05) is 18.0 Å². The van der Waals surface area contributed by atoms with Crippen molar-refractivity contribution >= 4 is 11.4 Å². The van der Waals surface area contributed by atoms with Crippen LogP contribution in [0.15, 0.2) is 18.2 Å². The van der Waals surface area contributed by atoms with Gasteiger partial charge in [0.2, 0.25) is 0 Å². The molecule has 3 rings (SSSR count). The van der Waals surface area contributed by atoms with Crippen molar-refractivity contribution in [2.24, 2.45) is 11.8 Å². The molecular formula is C15H17N3O2. The van der Waals surface area contributed by atoms with E-state index in [0.717, 1.165) is 30.6 Å². The molecule has 0 unspecified atom stereocenters. The molecule has 0 aromatic heterocycles. The standard InChI is InChI=1S/C15H17N3O2/c16-8-13-5-6-14(7-15(13)18(19)20)17(9-11-1-2-11)10-12-3-4-12/h5-7,11-12H,1-4,9-10H2. The molecule has 0 atom stereocenters. The average Bonchev–Trinajstić information content (AvgIpc) is 3.32. The lowest BCUT2D eigenvalue weighted by Crippen LogP contribution is -2.28. The van der Waals surface area contributed by atoms with Crippen LogP contribution < -0.4 is 4.90 Å². The van der Waals surface area contributed by atoms with E-state index in [4.69, 9.17) is 5.26 Å². The number of hydrogen-bond acceptors (Lipinski definition) is 4. The number of anilines is 1. The lowest BCUT2D eigenvalue weighted by molar-refractivity contribution is -0.385. The molecule has 2 fully saturated rings. The van der Waals surface area contributed by atoms with Crippen molar-refractivity contribution in [1.82, 2.24) is 0 Å². The third kappa shape index (κ3) is 2.90. The topological polar surface area (TPSA) is 70.2 Å². The monoisotopic (exact) mass is 271 g/mol. The van der Waals surface area contributed by atoms with Crippen LogP contribution in [0.5, 0.6) is 0 Å². The van der Waals surface area contributed by atoms with E-state index in [9.17, 15) is 10.1 Å². The van der Waals surface area contributed by atoms with Crippen LogP contribution in [0.3, 0.4) is 0 Å². The van der Waals surface area contributed by atoms with E-state index >= 15 is 0 Å². The Morgan fingerprint density at radius 2 is 1.85 bits per heavy atom. The van der Waals surface area contributed by atoms with E-state index in [2.05, 4.69) is 4.90 Å². The Labute approximate surface area is 118 Å². The Kier molecular flexibility index (Phi) is 3.31. The Balaban J connectivity index is 1.86. The van der Waals surface area contributed by atoms with Crippen LogP contribution in [-0.4, -0.2) is 18.0 Å². The van der Waals surface area contributed by atoms with Gasteiger partial charge in [-0.25, -0.2) is 0 Å². The molecule has 104 valence electrons. The number of benzene rings is 1. The summed E-state index contributed by atoms with van der Waals surface area (Å²) in [5, 5.41) is 20.0. The summed E-state index contributed by atoms with van der Waals surface area (Å²) in [7, 11) is 0. The maximum absolute atomic E-state index is 11.1. The fourth-order valence-corrected chi connectivity index (χ4v) is 2.47. The normalized spacial score (nSPS) is 17.6. The summed E-state index contributed by atoms with van der Waals surface area (Å²) in [5.74, 6) is 1.48. The minimum Gasteiger partial charge on any atom is -0.371 e. The first-order valence-corrected chi connectivity index (χ1v) is 7.11. The predicted octanol–water partition coefficient (Wildman–Crippen LogP) is 3.09. The van der Waals surface area contributed by atoms with Crippen LogP contribution in [-0.2, 0) is 0 Å². The molecule has 1 aromatic carbocycles. The number of hydrogen-bond donors (Lipinski definition) is 0. The third-order valence-electron chi connectivity index (χ3n) is 4.01. The van der Waals surface area contributed by atoms with Gasteiger partial charge in [0, 0.05) is 24.8 Å². The van der Waals surface area contributed by atoms with Crippen molar-refractivity contribution in [3.8, 4) is 6.07 Å². The van der Waals surface area contributed by atoms with Gasteiger partial charge in [0.25, 0.3) is 5.69 Å². The lowest BCUT2D eigenvalue weighted by atomic mass is 10.1. The molecule has 0 N–H and O–H groups in total. The molecule has 5 heteroatoms. The van der Waals surface area contributed by atoms with Crippen molar-refractivity contribution < 1.29 is 4.92 Å². The largest absolute Gasteiger partial charge is 0.371 e. The van der Waals surface area contributed by atoms with E-state index in [1.54, 1.807) is 12.1 Å². The number of nitro groups is 1. The highest BCUT2D eigenvalue weighted by molar-refractivity contribution is 5.60.